The summed E-state index contributed by atoms with van der Waals surface area (Å²) in [6.45, 7) is -0.0723. The lowest BCUT2D eigenvalue weighted by molar-refractivity contribution is -0.118. The van der Waals surface area contributed by atoms with Crippen LogP contribution < -0.4 is 15.8 Å². The van der Waals surface area contributed by atoms with Crippen LogP contribution in [0.3, 0.4) is 0 Å². The molecule has 104 valence electrons. The second kappa shape index (κ2) is 6.76. The van der Waals surface area contributed by atoms with Gasteiger partial charge in [0.05, 0.1) is 11.4 Å². The maximum Gasteiger partial charge on any atom is 0.262 e. The van der Waals surface area contributed by atoms with E-state index in [4.69, 9.17) is 10.5 Å². The maximum atomic E-state index is 11.8. The molecule has 2 aromatic rings. The van der Waals surface area contributed by atoms with E-state index in [9.17, 15) is 4.79 Å². The predicted octanol–water partition coefficient (Wildman–Crippen LogP) is 3.81. The van der Waals surface area contributed by atoms with E-state index in [1.807, 2.05) is 18.2 Å². The molecule has 0 spiro atoms. The molecule has 0 saturated heterocycles. The van der Waals surface area contributed by atoms with Crippen LogP contribution in [0.2, 0.25) is 0 Å². The van der Waals surface area contributed by atoms with Crippen molar-refractivity contribution in [2.24, 2.45) is 0 Å². The highest BCUT2D eigenvalue weighted by Gasteiger charge is 2.06. The lowest BCUT2D eigenvalue weighted by atomic mass is 10.2. The van der Waals surface area contributed by atoms with Gasteiger partial charge in [-0.25, -0.2) is 0 Å². The van der Waals surface area contributed by atoms with Gasteiger partial charge in [0.15, 0.2) is 6.61 Å². The van der Waals surface area contributed by atoms with Crippen LogP contribution in [0.15, 0.2) is 51.4 Å². The Morgan fingerprint density at radius 2 is 1.75 bits per heavy atom. The van der Waals surface area contributed by atoms with E-state index in [1.165, 1.54) is 0 Å². The van der Waals surface area contributed by atoms with Crippen LogP contribution in [0.1, 0.15) is 0 Å². The number of rotatable bonds is 4. The molecular weight excluding hydrogens is 388 g/mol. The van der Waals surface area contributed by atoms with Crippen LogP contribution in [-0.4, -0.2) is 12.5 Å². The number of nitrogens with two attached hydrogens (primary N) is 1. The normalized spacial score (nSPS) is 10.1. The summed E-state index contributed by atoms with van der Waals surface area (Å²) in [6.07, 6.45) is 0. The van der Waals surface area contributed by atoms with Crippen LogP contribution in [0.25, 0.3) is 0 Å². The number of nitrogens with one attached hydrogen (secondary N) is 1. The zero-order valence-corrected chi connectivity index (χ0v) is 13.6. The average molecular weight is 400 g/mol. The number of carbonyl (C=O) groups is 1. The molecule has 0 aliphatic heterocycles. The quantitative estimate of drug-likeness (QED) is 0.768. The minimum absolute atomic E-state index is 0.0723. The summed E-state index contributed by atoms with van der Waals surface area (Å²) in [7, 11) is 0. The largest absolute Gasteiger partial charge is 0.484 e. The topological polar surface area (TPSA) is 64.3 Å². The Labute approximate surface area is 133 Å². The monoisotopic (exact) mass is 398 g/mol. The average Bonchev–Trinajstić information content (AvgIpc) is 2.41. The van der Waals surface area contributed by atoms with Gasteiger partial charge >= 0.3 is 0 Å². The third kappa shape index (κ3) is 4.25. The van der Waals surface area contributed by atoms with Gasteiger partial charge in [-0.15, -0.1) is 0 Å². The SMILES string of the molecule is Nc1cc(Br)ccc1NC(=O)COc1ccc(Br)cc1. The molecule has 20 heavy (non-hydrogen) atoms. The van der Waals surface area contributed by atoms with E-state index in [0.717, 1.165) is 8.95 Å². The highest BCUT2D eigenvalue weighted by atomic mass is 79.9. The minimum Gasteiger partial charge on any atom is -0.484 e. The standard InChI is InChI=1S/C14H12Br2N2O2/c15-9-1-4-11(5-2-9)20-8-14(19)18-13-6-3-10(16)7-12(13)17/h1-7H,8,17H2,(H,18,19). The molecule has 3 N–H and O–H groups in total. The van der Waals surface area contributed by atoms with Gasteiger partial charge in [0.1, 0.15) is 5.75 Å². The fourth-order valence-corrected chi connectivity index (χ4v) is 2.16. The van der Waals surface area contributed by atoms with Crippen molar-refractivity contribution in [1.82, 2.24) is 0 Å². The van der Waals surface area contributed by atoms with E-state index in [1.54, 1.807) is 24.3 Å². The summed E-state index contributed by atoms with van der Waals surface area (Å²) in [6, 6.07) is 12.5. The van der Waals surface area contributed by atoms with Crippen molar-refractivity contribution >= 4 is 49.1 Å². The number of halogens is 2. The Morgan fingerprint density at radius 1 is 1.10 bits per heavy atom. The molecular formula is C14H12Br2N2O2. The van der Waals surface area contributed by atoms with E-state index in [0.29, 0.717) is 17.1 Å². The predicted molar refractivity (Wildman–Crippen MR) is 86.8 cm³/mol. The smallest absolute Gasteiger partial charge is 0.262 e. The number of nitrogen functional groups attached to an aromatic ring is 1. The van der Waals surface area contributed by atoms with Crippen LogP contribution in [0, 0.1) is 0 Å². The third-order valence-corrected chi connectivity index (χ3v) is 3.49. The second-order valence-electron chi connectivity index (χ2n) is 4.02. The number of benzene rings is 2. The van der Waals surface area contributed by atoms with E-state index in [-0.39, 0.29) is 12.5 Å². The second-order valence-corrected chi connectivity index (χ2v) is 5.85. The van der Waals surface area contributed by atoms with Crippen molar-refractivity contribution in [2.75, 3.05) is 17.7 Å². The molecule has 2 aromatic carbocycles. The molecule has 1 amide bonds. The van der Waals surface area contributed by atoms with Crippen molar-refractivity contribution in [3.63, 3.8) is 0 Å². The first kappa shape index (κ1) is 14.9. The first-order chi connectivity index (χ1) is 9.54. The summed E-state index contributed by atoms with van der Waals surface area (Å²) in [5, 5.41) is 2.70. The zero-order chi connectivity index (χ0) is 14.5. The molecule has 0 aromatic heterocycles. The van der Waals surface area contributed by atoms with Crippen LogP contribution in [-0.2, 0) is 4.79 Å². The zero-order valence-electron chi connectivity index (χ0n) is 10.4. The Kier molecular flexibility index (Phi) is 5.03. The Bertz CT molecular complexity index is 615. The Morgan fingerprint density at radius 3 is 2.40 bits per heavy atom. The number of ether oxygens (including phenoxy) is 1. The molecule has 0 heterocycles. The third-order valence-electron chi connectivity index (χ3n) is 2.47. The highest BCUT2D eigenvalue weighted by Crippen LogP contribution is 2.23. The fourth-order valence-electron chi connectivity index (χ4n) is 1.51. The van der Waals surface area contributed by atoms with Crippen molar-refractivity contribution in [3.8, 4) is 5.75 Å². The molecule has 0 aliphatic rings. The highest BCUT2D eigenvalue weighted by molar-refractivity contribution is 9.10. The van der Waals surface area contributed by atoms with Gasteiger partial charge in [-0.2, -0.15) is 0 Å². The van der Waals surface area contributed by atoms with Gasteiger partial charge in [-0.05, 0) is 42.5 Å². The first-order valence-corrected chi connectivity index (χ1v) is 7.36. The van der Waals surface area contributed by atoms with E-state index < -0.39 is 0 Å². The number of hydrogen-bond acceptors (Lipinski definition) is 3. The van der Waals surface area contributed by atoms with Gasteiger partial charge in [0, 0.05) is 8.95 Å². The van der Waals surface area contributed by atoms with Gasteiger partial charge in [0.25, 0.3) is 5.91 Å². The van der Waals surface area contributed by atoms with Gasteiger partial charge in [-0.1, -0.05) is 31.9 Å². The molecule has 0 atom stereocenters. The number of carbonyl (C=O) groups excluding carboxylic acids is 1. The summed E-state index contributed by atoms with van der Waals surface area (Å²) in [5.41, 5.74) is 6.87. The number of anilines is 2. The van der Waals surface area contributed by atoms with E-state index in [2.05, 4.69) is 37.2 Å². The lowest BCUT2D eigenvalue weighted by Crippen LogP contribution is -2.20. The van der Waals surface area contributed by atoms with Crippen molar-refractivity contribution in [2.45, 2.75) is 0 Å². The van der Waals surface area contributed by atoms with Gasteiger partial charge in [0.2, 0.25) is 0 Å². The number of amides is 1. The summed E-state index contributed by atoms with van der Waals surface area (Å²) in [4.78, 5) is 11.8. The maximum absolute atomic E-state index is 11.8. The summed E-state index contributed by atoms with van der Waals surface area (Å²) < 4.78 is 7.19. The molecule has 0 fully saturated rings. The number of hydrogen-bond donors (Lipinski definition) is 2. The molecule has 4 nitrogen and oxygen atoms in total. The minimum atomic E-state index is -0.262. The van der Waals surface area contributed by atoms with Gasteiger partial charge in [-0.3, -0.25) is 4.79 Å². The Hall–Kier alpha value is -1.53. The molecule has 0 aliphatic carbocycles. The first-order valence-electron chi connectivity index (χ1n) is 5.78. The molecule has 6 heteroatoms. The van der Waals surface area contributed by atoms with Crippen molar-refractivity contribution in [1.29, 1.82) is 0 Å². The molecule has 0 saturated carbocycles. The Balaban J connectivity index is 1.90. The van der Waals surface area contributed by atoms with Crippen LogP contribution >= 0.6 is 31.9 Å². The fraction of sp³-hybridized carbons (Fsp3) is 0.0714. The van der Waals surface area contributed by atoms with Crippen LogP contribution in [0.5, 0.6) is 5.75 Å². The van der Waals surface area contributed by atoms with Crippen molar-refractivity contribution < 1.29 is 9.53 Å². The molecule has 0 bridgehead atoms. The molecule has 2 rings (SSSR count). The molecule has 0 radical (unpaired) electrons. The van der Waals surface area contributed by atoms with E-state index >= 15 is 0 Å². The molecule has 0 unspecified atom stereocenters. The lowest BCUT2D eigenvalue weighted by Gasteiger charge is -2.09. The van der Waals surface area contributed by atoms with Crippen LogP contribution in [0.4, 0.5) is 11.4 Å². The summed E-state index contributed by atoms with van der Waals surface area (Å²) in [5.74, 6) is 0.370. The van der Waals surface area contributed by atoms with Crippen molar-refractivity contribution in [3.05, 3.63) is 51.4 Å². The van der Waals surface area contributed by atoms with Gasteiger partial charge < -0.3 is 15.8 Å². The summed E-state index contributed by atoms with van der Waals surface area (Å²) >= 11 is 6.64.